The van der Waals surface area contributed by atoms with E-state index in [1.807, 2.05) is 0 Å². The van der Waals surface area contributed by atoms with Gasteiger partial charge in [0.1, 0.15) is 11.9 Å². The van der Waals surface area contributed by atoms with E-state index in [2.05, 4.69) is 33.1 Å². The van der Waals surface area contributed by atoms with Gasteiger partial charge in [-0.2, -0.15) is 5.26 Å². The van der Waals surface area contributed by atoms with Gasteiger partial charge in [-0.15, -0.1) is 0 Å². The number of rotatable bonds is 3. The van der Waals surface area contributed by atoms with Gasteiger partial charge in [-0.3, -0.25) is 4.90 Å². The average molecular weight is 334 g/mol. The first kappa shape index (κ1) is 16.5. The van der Waals surface area contributed by atoms with Gasteiger partial charge in [0, 0.05) is 37.9 Å². The molecule has 6 heteroatoms. The van der Waals surface area contributed by atoms with Crippen LogP contribution in [0.25, 0.3) is 0 Å². The van der Waals surface area contributed by atoms with E-state index in [1.54, 1.807) is 12.3 Å². The standard InChI is InChI=1S/C17H24ClN5/c1-2-14-12-22(17-16(18)9-13(10-19)11-21-17)7-8-23(14)15-3-5-20-6-4-15/h9,11,14-15,20H,2-8,12H2,1H3/t14-/m0/s1. The second-order valence-corrected chi connectivity index (χ2v) is 6.78. The molecule has 0 radical (unpaired) electrons. The van der Waals surface area contributed by atoms with Gasteiger partial charge in [0.15, 0.2) is 0 Å². The van der Waals surface area contributed by atoms with Gasteiger partial charge >= 0.3 is 0 Å². The number of piperidine rings is 1. The summed E-state index contributed by atoms with van der Waals surface area (Å²) in [5.41, 5.74) is 0.513. The number of hydrogen-bond acceptors (Lipinski definition) is 5. The Kier molecular flexibility index (Phi) is 5.37. The minimum absolute atomic E-state index is 0.513. The maximum atomic E-state index is 8.95. The predicted molar refractivity (Wildman–Crippen MR) is 92.9 cm³/mol. The van der Waals surface area contributed by atoms with Crippen molar-refractivity contribution in [3.63, 3.8) is 0 Å². The lowest BCUT2D eigenvalue weighted by molar-refractivity contribution is 0.0936. The van der Waals surface area contributed by atoms with Crippen LogP contribution in [0.2, 0.25) is 5.02 Å². The van der Waals surface area contributed by atoms with E-state index in [-0.39, 0.29) is 0 Å². The third kappa shape index (κ3) is 3.60. The van der Waals surface area contributed by atoms with Crippen molar-refractivity contribution >= 4 is 17.4 Å². The summed E-state index contributed by atoms with van der Waals surface area (Å²) in [4.78, 5) is 9.38. The fourth-order valence-electron chi connectivity index (χ4n) is 3.77. The van der Waals surface area contributed by atoms with Crippen LogP contribution in [0.5, 0.6) is 0 Å². The Hall–Kier alpha value is -1.35. The van der Waals surface area contributed by atoms with Crippen molar-refractivity contribution in [1.82, 2.24) is 15.2 Å². The van der Waals surface area contributed by atoms with Crippen molar-refractivity contribution in [3.05, 3.63) is 22.8 Å². The predicted octanol–water partition coefficient (Wildman–Crippen LogP) is 2.26. The lowest BCUT2D eigenvalue weighted by Gasteiger charge is -2.46. The molecule has 2 aliphatic heterocycles. The molecule has 0 spiro atoms. The third-order valence-corrected chi connectivity index (χ3v) is 5.31. The van der Waals surface area contributed by atoms with Gasteiger partial charge in [0.05, 0.1) is 10.6 Å². The second kappa shape index (κ2) is 7.48. The summed E-state index contributed by atoms with van der Waals surface area (Å²) < 4.78 is 0. The molecular weight excluding hydrogens is 310 g/mol. The first-order chi connectivity index (χ1) is 11.2. The Balaban J connectivity index is 1.72. The van der Waals surface area contributed by atoms with E-state index < -0.39 is 0 Å². The molecule has 0 aromatic carbocycles. The van der Waals surface area contributed by atoms with E-state index in [0.717, 1.165) is 45.0 Å². The zero-order valence-electron chi connectivity index (χ0n) is 13.6. The molecule has 3 rings (SSSR count). The summed E-state index contributed by atoms with van der Waals surface area (Å²) in [6, 6.07) is 5.04. The van der Waals surface area contributed by atoms with Crippen molar-refractivity contribution in [1.29, 1.82) is 5.26 Å². The SMILES string of the molecule is CC[C@H]1CN(c2ncc(C#N)cc2Cl)CCN1C1CCNCC1. The number of piperazine rings is 1. The Bertz CT molecular complexity index is 579. The molecule has 0 aliphatic carbocycles. The Morgan fingerprint density at radius 1 is 1.39 bits per heavy atom. The molecule has 124 valence electrons. The van der Waals surface area contributed by atoms with E-state index in [0.29, 0.717) is 22.7 Å². The van der Waals surface area contributed by atoms with Gasteiger partial charge in [0.25, 0.3) is 0 Å². The molecule has 1 aromatic rings. The zero-order chi connectivity index (χ0) is 16.2. The van der Waals surface area contributed by atoms with Crippen molar-refractivity contribution in [2.75, 3.05) is 37.6 Å². The number of pyridine rings is 1. The number of hydrogen-bond donors (Lipinski definition) is 1. The smallest absolute Gasteiger partial charge is 0.147 e. The molecule has 3 heterocycles. The lowest BCUT2D eigenvalue weighted by Crippen LogP contribution is -2.58. The number of nitriles is 1. The van der Waals surface area contributed by atoms with Gasteiger partial charge in [-0.25, -0.2) is 4.98 Å². The quantitative estimate of drug-likeness (QED) is 0.919. The van der Waals surface area contributed by atoms with Crippen LogP contribution < -0.4 is 10.2 Å². The van der Waals surface area contributed by atoms with Gasteiger partial charge < -0.3 is 10.2 Å². The zero-order valence-corrected chi connectivity index (χ0v) is 14.4. The highest BCUT2D eigenvalue weighted by atomic mass is 35.5. The van der Waals surface area contributed by atoms with Crippen molar-refractivity contribution in [3.8, 4) is 6.07 Å². The lowest BCUT2D eigenvalue weighted by atomic mass is 9.99. The highest BCUT2D eigenvalue weighted by Gasteiger charge is 2.32. The van der Waals surface area contributed by atoms with Crippen LogP contribution in [0.15, 0.2) is 12.3 Å². The van der Waals surface area contributed by atoms with Crippen LogP contribution in [-0.2, 0) is 0 Å². The number of halogens is 1. The summed E-state index contributed by atoms with van der Waals surface area (Å²) in [5, 5.41) is 13.0. The number of nitrogens with zero attached hydrogens (tertiary/aromatic N) is 4. The molecule has 23 heavy (non-hydrogen) atoms. The molecule has 5 nitrogen and oxygen atoms in total. The molecule has 0 saturated carbocycles. The van der Waals surface area contributed by atoms with Crippen LogP contribution in [-0.4, -0.2) is 54.7 Å². The average Bonchev–Trinajstić information content (AvgIpc) is 2.61. The van der Waals surface area contributed by atoms with E-state index >= 15 is 0 Å². The topological polar surface area (TPSA) is 55.2 Å². The summed E-state index contributed by atoms with van der Waals surface area (Å²) >= 11 is 6.34. The molecular formula is C17H24ClN5. The van der Waals surface area contributed by atoms with Gasteiger partial charge in [-0.05, 0) is 38.4 Å². The monoisotopic (exact) mass is 333 g/mol. The van der Waals surface area contributed by atoms with Crippen molar-refractivity contribution < 1.29 is 0 Å². The molecule has 0 unspecified atom stereocenters. The van der Waals surface area contributed by atoms with Gasteiger partial charge in [-0.1, -0.05) is 18.5 Å². The molecule has 1 N–H and O–H groups in total. The summed E-state index contributed by atoms with van der Waals surface area (Å²) in [5.74, 6) is 0.814. The molecule has 2 aliphatic rings. The van der Waals surface area contributed by atoms with E-state index in [4.69, 9.17) is 16.9 Å². The van der Waals surface area contributed by atoms with E-state index in [9.17, 15) is 0 Å². The van der Waals surface area contributed by atoms with Crippen LogP contribution in [0.3, 0.4) is 0 Å². The van der Waals surface area contributed by atoms with Crippen LogP contribution in [0.1, 0.15) is 31.7 Å². The number of aromatic nitrogens is 1. The van der Waals surface area contributed by atoms with Crippen molar-refractivity contribution in [2.24, 2.45) is 0 Å². The number of anilines is 1. The largest absolute Gasteiger partial charge is 0.353 e. The Morgan fingerprint density at radius 2 is 2.17 bits per heavy atom. The minimum Gasteiger partial charge on any atom is -0.353 e. The molecule has 0 bridgehead atoms. The van der Waals surface area contributed by atoms with Crippen molar-refractivity contribution in [2.45, 2.75) is 38.3 Å². The van der Waals surface area contributed by atoms with Crippen LogP contribution in [0, 0.1) is 11.3 Å². The van der Waals surface area contributed by atoms with Gasteiger partial charge in [0.2, 0.25) is 0 Å². The minimum atomic E-state index is 0.513. The molecule has 0 amide bonds. The van der Waals surface area contributed by atoms with Crippen LogP contribution >= 0.6 is 11.6 Å². The molecule has 1 atom stereocenters. The normalized spacial score (nSPS) is 23.7. The second-order valence-electron chi connectivity index (χ2n) is 6.37. The molecule has 1 aromatic heterocycles. The fourth-order valence-corrected chi connectivity index (χ4v) is 4.05. The first-order valence-corrected chi connectivity index (χ1v) is 8.87. The highest BCUT2D eigenvalue weighted by Crippen LogP contribution is 2.28. The number of nitrogens with one attached hydrogen (secondary N) is 1. The summed E-state index contributed by atoms with van der Waals surface area (Å²) in [6.45, 7) is 7.48. The maximum absolute atomic E-state index is 8.95. The Morgan fingerprint density at radius 3 is 2.83 bits per heavy atom. The fraction of sp³-hybridized carbons (Fsp3) is 0.647. The maximum Gasteiger partial charge on any atom is 0.147 e. The van der Waals surface area contributed by atoms with E-state index in [1.165, 1.54) is 12.8 Å². The van der Waals surface area contributed by atoms with Crippen LogP contribution in [0.4, 0.5) is 5.82 Å². The Labute approximate surface area is 143 Å². The summed E-state index contributed by atoms with van der Waals surface area (Å²) in [6.07, 6.45) is 5.23. The molecule has 2 fully saturated rings. The summed E-state index contributed by atoms with van der Waals surface area (Å²) in [7, 11) is 0. The molecule has 2 saturated heterocycles. The highest BCUT2D eigenvalue weighted by molar-refractivity contribution is 6.33. The first-order valence-electron chi connectivity index (χ1n) is 8.50. The third-order valence-electron chi connectivity index (χ3n) is 5.03.